The maximum absolute atomic E-state index is 13.1. The SMILES string of the molecule is Cl.O=C(N[C@H]1CCCNC1)C1(c2cccc(Cl)c2)CCOCC1. The molecule has 0 bridgehead atoms. The summed E-state index contributed by atoms with van der Waals surface area (Å²) >= 11 is 6.15. The minimum atomic E-state index is -0.513. The average molecular weight is 359 g/mol. The summed E-state index contributed by atoms with van der Waals surface area (Å²) in [6.45, 7) is 3.12. The van der Waals surface area contributed by atoms with Crippen LogP contribution in [0.5, 0.6) is 0 Å². The number of ether oxygens (including phenoxy) is 1. The van der Waals surface area contributed by atoms with Crippen molar-refractivity contribution in [3.05, 3.63) is 34.9 Å². The third-order valence-corrected chi connectivity index (χ3v) is 5.03. The van der Waals surface area contributed by atoms with E-state index < -0.39 is 5.41 Å². The molecule has 0 unspecified atom stereocenters. The Bertz CT molecular complexity index is 527. The zero-order chi connectivity index (χ0) is 15.4. The molecule has 0 aliphatic carbocycles. The van der Waals surface area contributed by atoms with Gasteiger partial charge >= 0.3 is 0 Å². The zero-order valence-corrected chi connectivity index (χ0v) is 14.7. The normalized spacial score (nSPS) is 23.6. The molecule has 3 rings (SSSR count). The van der Waals surface area contributed by atoms with E-state index in [1.807, 2.05) is 24.3 Å². The highest BCUT2D eigenvalue weighted by molar-refractivity contribution is 6.30. The summed E-state index contributed by atoms with van der Waals surface area (Å²) in [5.41, 5.74) is 0.491. The number of rotatable bonds is 3. The van der Waals surface area contributed by atoms with Crippen LogP contribution in [-0.4, -0.2) is 38.3 Å². The third-order valence-electron chi connectivity index (χ3n) is 4.79. The molecule has 2 saturated heterocycles. The van der Waals surface area contributed by atoms with Crippen LogP contribution >= 0.6 is 24.0 Å². The summed E-state index contributed by atoms with van der Waals surface area (Å²) in [6.07, 6.45) is 3.57. The lowest BCUT2D eigenvalue weighted by atomic mass is 9.73. The molecule has 4 nitrogen and oxygen atoms in total. The lowest BCUT2D eigenvalue weighted by Gasteiger charge is -2.38. The lowest BCUT2D eigenvalue weighted by Crippen LogP contribution is -2.54. The highest BCUT2D eigenvalue weighted by atomic mass is 35.5. The van der Waals surface area contributed by atoms with Gasteiger partial charge in [-0.1, -0.05) is 23.7 Å². The molecular formula is C17H24Cl2N2O2. The van der Waals surface area contributed by atoms with Gasteiger partial charge in [-0.3, -0.25) is 4.79 Å². The predicted molar refractivity (Wildman–Crippen MR) is 94.5 cm³/mol. The van der Waals surface area contributed by atoms with Crippen molar-refractivity contribution in [3.63, 3.8) is 0 Å². The second-order valence-corrected chi connectivity index (χ2v) is 6.66. The first-order valence-electron chi connectivity index (χ1n) is 8.06. The van der Waals surface area contributed by atoms with Crippen LogP contribution in [0.25, 0.3) is 0 Å². The van der Waals surface area contributed by atoms with E-state index >= 15 is 0 Å². The van der Waals surface area contributed by atoms with Gasteiger partial charge in [0.15, 0.2) is 0 Å². The Morgan fingerprint density at radius 1 is 1.35 bits per heavy atom. The first kappa shape index (κ1) is 18.5. The number of nitrogens with one attached hydrogen (secondary N) is 2. The topological polar surface area (TPSA) is 50.4 Å². The van der Waals surface area contributed by atoms with Crippen LogP contribution in [0, 0.1) is 0 Å². The average Bonchev–Trinajstić information content (AvgIpc) is 2.56. The van der Waals surface area contributed by atoms with E-state index in [2.05, 4.69) is 10.6 Å². The minimum Gasteiger partial charge on any atom is -0.381 e. The van der Waals surface area contributed by atoms with Gasteiger partial charge in [0.25, 0.3) is 0 Å². The van der Waals surface area contributed by atoms with Crippen molar-refractivity contribution in [2.24, 2.45) is 0 Å². The summed E-state index contributed by atoms with van der Waals surface area (Å²) < 4.78 is 5.49. The van der Waals surface area contributed by atoms with E-state index in [-0.39, 0.29) is 24.4 Å². The van der Waals surface area contributed by atoms with Gasteiger partial charge in [-0.2, -0.15) is 0 Å². The molecule has 2 aliphatic heterocycles. The fraction of sp³-hybridized carbons (Fsp3) is 0.588. The number of carbonyl (C=O) groups excluding carboxylic acids is 1. The molecule has 1 amide bonds. The number of amides is 1. The molecule has 1 aromatic rings. The van der Waals surface area contributed by atoms with E-state index in [9.17, 15) is 4.79 Å². The second-order valence-electron chi connectivity index (χ2n) is 6.22. The number of piperidine rings is 1. The molecule has 2 heterocycles. The van der Waals surface area contributed by atoms with Crippen molar-refractivity contribution in [2.75, 3.05) is 26.3 Å². The van der Waals surface area contributed by atoms with Crippen LogP contribution in [0.1, 0.15) is 31.2 Å². The molecule has 0 radical (unpaired) electrons. The molecule has 2 N–H and O–H groups in total. The Labute approximate surface area is 148 Å². The fourth-order valence-corrected chi connectivity index (χ4v) is 3.64. The van der Waals surface area contributed by atoms with E-state index in [0.29, 0.717) is 31.1 Å². The van der Waals surface area contributed by atoms with Gasteiger partial charge in [0.05, 0.1) is 5.41 Å². The Kier molecular flexibility index (Phi) is 6.72. The number of hydrogen-bond donors (Lipinski definition) is 2. The quantitative estimate of drug-likeness (QED) is 0.873. The first-order valence-corrected chi connectivity index (χ1v) is 8.44. The van der Waals surface area contributed by atoms with Gasteiger partial charge < -0.3 is 15.4 Å². The smallest absolute Gasteiger partial charge is 0.231 e. The monoisotopic (exact) mass is 358 g/mol. The van der Waals surface area contributed by atoms with E-state index in [4.69, 9.17) is 16.3 Å². The zero-order valence-electron chi connectivity index (χ0n) is 13.1. The van der Waals surface area contributed by atoms with Crippen LogP contribution in [-0.2, 0) is 14.9 Å². The molecule has 6 heteroatoms. The van der Waals surface area contributed by atoms with Gasteiger partial charge in [0.1, 0.15) is 0 Å². The molecular weight excluding hydrogens is 335 g/mol. The predicted octanol–water partition coefficient (Wildman–Crippen LogP) is 2.68. The van der Waals surface area contributed by atoms with Crippen LogP contribution in [0.15, 0.2) is 24.3 Å². The molecule has 2 fully saturated rings. The van der Waals surface area contributed by atoms with Gasteiger partial charge in [0, 0.05) is 30.8 Å². The van der Waals surface area contributed by atoms with Crippen molar-refractivity contribution < 1.29 is 9.53 Å². The van der Waals surface area contributed by atoms with Crippen LogP contribution < -0.4 is 10.6 Å². The van der Waals surface area contributed by atoms with Gasteiger partial charge in [-0.15, -0.1) is 12.4 Å². The van der Waals surface area contributed by atoms with Crippen LogP contribution in [0.3, 0.4) is 0 Å². The van der Waals surface area contributed by atoms with Gasteiger partial charge in [-0.25, -0.2) is 0 Å². The van der Waals surface area contributed by atoms with Gasteiger partial charge in [-0.05, 0) is 49.9 Å². The number of carbonyl (C=O) groups is 1. The number of halogens is 2. The third kappa shape index (κ3) is 4.18. The molecule has 0 saturated carbocycles. The van der Waals surface area contributed by atoms with E-state index in [1.54, 1.807) is 0 Å². The molecule has 128 valence electrons. The highest BCUT2D eigenvalue weighted by Gasteiger charge is 2.42. The number of benzene rings is 1. The molecule has 0 aromatic heterocycles. The van der Waals surface area contributed by atoms with Crippen LogP contribution in [0.4, 0.5) is 0 Å². The molecule has 23 heavy (non-hydrogen) atoms. The first-order chi connectivity index (χ1) is 10.7. The van der Waals surface area contributed by atoms with Gasteiger partial charge in [0.2, 0.25) is 5.91 Å². The Hall–Kier alpha value is -0.810. The molecule has 2 aliphatic rings. The van der Waals surface area contributed by atoms with Crippen molar-refractivity contribution in [2.45, 2.75) is 37.1 Å². The lowest BCUT2D eigenvalue weighted by molar-refractivity contribution is -0.131. The molecule has 1 atom stereocenters. The van der Waals surface area contributed by atoms with E-state index in [1.165, 1.54) is 0 Å². The molecule has 1 aromatic carbocycles. The summed E-state index contributed by atoms with van der Waals surface area (Å²) in [5.74, 6) is 0.117. The highest BCUT2D eigenvalue weighted by Crippen LogP contribution is 2.36. The van der Waals surface area contributed by atoms with Crippen LogP contribution in [0.2, 0.25) is 5.02 Å². The maximum atomic E-state index is 13.1. The largest absolute Gasteiger partial charge is 0.381 e. The standard InChI is InChI=1S/C17H23ClN2O2.ClH/c18-14-4-1-3-13(11-14)17(6-9-22-10-7-17)16(21)20-15-5-2-8-19-12-15;/h1,3-4,11,15,19H,2,5-10,12H2,(H,20,21);1H/t15-;/m0./s1. The Morgan fingerprint density at radius 2 is 2.13 bits per heavy atom. The summed E-state index contributed by atoms with van der Waals surface area (Å²) in [5, 5.41) is 7.27. The summed E-state index contributed by atoms with van der Waals surface area (Å²) in [7, 11) is 0. The summed E-state index contributed by atoms with van der Waals surface area (Å²) in [6, 6.07) is 7.92. The number of hydrogen-bond acceptors (Lipinski definition) is 3. The maximum Gasteiger partial charge on any atom is 0.231 e. The minimum absolute atomic E-state index is 0. The van der Waals surface area contributed by atoms with Crippen molar-refractivity contribution in [3.8, 4) is 0 Å². The van der Waals surface area contributed by atoms with Crippen molar-refractivity contribution in [1.82, 2.24) is 10.6 Å². The second kappa shape index (κ2) is 8.34. The fourth-order valence-electron chi connectivity index (χ4n) is 3.45. The van der Waals surface area contributed by atoms with E-state index in [0.717, 1.165) is 31.5 Å². The Balaban J connectivity index is 0.00000192. The van der Waals surface area contributed by atoms with Crippen molar-refractivity contribution >= 4 is 29.9 Å². The summed E-state index contributed by atoms with van der Waals surface area (Å²) in [4.78, 5) is 13.1. The molecule has 0 spiro atoms. The Morgan fingerprint density at radius 3 is 2.78 bits per heavy atom. The van der Waals surface area contributed by atoms with Crippen molar-refractivity contribution in [1.29, 1.82) is 0 Å².